The van der Waals surface area contributed by atoms with Gasteiger partial charge in [-0.3, -0.25) is 19.6 Å². The van der Waals surface area contributed by atoms with Gasteiger partial charge in [0, 0.05) is 55.0 Å². The van der Waals surface area contributed by atoms with Gasteiger partial charge in [0.05, 0.1) is 36.7 Å². The normalized spacial score (nSPS) is 26.6. The summed E-state index contributed by atoms with van der Waals surface area (Å²) in [7, 11) is 0. The number of carbonyl (C=O) groups excluding carboxylic acids is 3. The van der Waals surface area contributed by atoms with Crippen molar-refractivity contribution in [3.8, 4) is 17.2 Å². The van der Waals surface area contributed by atoms with Crippen molar-refractivity contribution in [1.29, 1.82) is 5.26 Å². The van der Waals surface area contributed by atoms with Gasteiger partial charge in [-0.05, 0) is 57.9 Å². The summed E-state index contributed by atoms with van der Waals surface area (Å²) in [5.41, 5.74) is 0.339. The van der Waals surface area contributed by atoms with Crippen molar-refractivity contribution in [3.05, 3.63) is 60.4 Å². The van der Waals surface area contributed by atoms with Crippen LogP contribution in [0.15, 0.2) is 48.9 Å². The first-order chi connectivity index (χ1) is 22.5. The van der Waals surface area contributed by atoms with Crippen LogP contribution >= 0.6 is 0 Å². The van der Waals surface area contributed by atoms with Crippen molar-refractivity contribution in [3.63, 3.8) is 0 Å². The number of nitrogens with zero attached hydrogens (tertiary/aromatic N) is 8. The molecular weight excluding hydrogens is 607 g/mol. The molecule has 0 bridgehead atoms. The van der Waals surface area contributed by atoms with E-state index in [1.165, 1.54) is 22.1 Å². The van der Waals surface area contributed by atoms with Crippen LogP contribution in [0.1, 0.15) is 39.3 Å². The van der Waals surface area contributed by atoms with E-state index in [0.717, 1.165) is 6.42 Å². The number of rotatable bonds is 6. The van der Waals surface area contributed by atoms with Gasteiger partial charge in [-0.2, -0.15) is 5.26 Å². The molecule has 0 radical (unpaired) electrons. The maximum Gasteiger partial charge on any atom is 0.414 e. The molecule has 0 spiro atoms. The smallest absolute Gasteiger partial charge is 0.414 e. The first-order valence-corrected chi connectivity index (χ1v) is 15.8. The Hall–Kier alpha value is -5.06. The molecule has 3 saturated heterocycles. The number of pyridine rings is 1. The number of fused-ring (bicyclic) bond motifs is 1. The number of aromatic nitrogens is 4. The summed E-state index contributed by atoms with van der Waals surface area (Å²) in [6.07, 6.45) is 4.59. The molecule has 0 N–H and O–H groups in total. The molecule has 3 aliphatic heterocycles. The maximum absolute atomic E-state index is 15.4. The number of hydrogen-bond donors (Lipinski definition) is 0. The number of likely N-dealkylation sites (tertiary alicyclic amines) is 2. The van der Waals surface area contributed by atoms with Crippen molar-refractivity contribution < 1.29 is 28.2 Å². The molecule has 7 rings (SSSR count). The number of halogens is 1. The first-order valence-electron chi connectivity index (χ1n) is 15.8. The second-order valence-electron chi connectivity index (χ2n) is 13.6. The molecule has 244 valence electrons. The van der Waals surface area contributed by atoms with Crippen molar-refractivity contribution >= 4 is 23.8 Å². The molecule has 2 aromatic heterocycles. The molecule has 47 heavy (non-hydrogen) atoms. The lowest BCUT2D eigenvalue weighted by atomic mass is 9.95. The van der Waals surface area contributed by atoms with Crippen molar-refractivity contribution in [1.82, 2.24) is 29.8 Å². The number of cyclic esters (lactones) is 1. The second kappa shape index (κ2) is 11.3. The SMILES string of the molecule is CC(C)(C)OC(=O)N1CCC[C@H]1C(=O)N1CC2C(C1)C2(C#N)c1ccc(-c2ccc(N3C[C@H](Cn4ccnn4)OC3=O)cc2F)cn1. The zero-order chi connectivity index (χ0) is 33.1. The van der Waals surface area contributed by atoms with Crippen LogP contribution in [0.25, 0.3) is 11.1 Å². The highest BCUT2D eigenvalue weighted by molar-refractivity contribution is 5.90. The fourth-order valence-corrected chi connectivity index (χ4v) is 7.26. The van der Waals surface area contributed by atoms with Crippen LogP contribution in [0.3, 0.4) is 0 Å². The van der Waals surface area contributed by atoms with E-state index in [1.54, 1.807) is 67.0 Å². The molecule has 1 saturated carbocycles. The molecule has 5 heterocycles. The van der Waals surface area contributed by atoms with Crippen LogP contribution in [0.4, 0.5) is 19.7 Å². The van der Waals surface area contributed by atoms with Crippen LogP contribution in [0.2, 0.25) is 0 Å². The predicted octanol–water partition coefficient (Wildman–Crippen LogP) is 3.75. The maximum atomic E-state index is 15.4. The molecule has 3 aromatic rings. The van der Waals surface area contributed by atoms with E-state index >= 15 is 4.39 Å². The monoisotopic (exact) mass is 642 g/mol. The number of piperidine rings is 1. The molecule has 4 aliphatic rings. The minimum absolute atomic E-state index is 0.0733. The molecule has 1 aromatic carbocycles. The Bertz CT molecular complexity index is 1740. The third-order valence-electron chi connectivity index (χ3n) is 9.54. The molecule has 1 aliphatic carbocycles. The van der Waals surface area contributed by atoms with Gasteiger partial charge < -0.3 is 14.4 Å². The van der Waals surface area contributed by atoms with E-state index in [2.05, 4.69) is 21.4 Å². The molecule has 13 nitrogen and oxygen atoms in total. The average molecular weight is 643 g/mol. The molecular formula is C33H35FN8O5. The Kier molecular flexibility index (Phi) is 7.37. The van der Waals surface area contributed by atoms with Gasteiger partial charge in [0.25, 0.3) is 0 Å². The summed E-state index contributed by atoms with van der Waals surface area (Å²) in [6, 6.07) is 9.95. The third-order valence-corrected chi connectivity index (χ3v) is 9.54. The van der Waals surface area contributed by atoms with E-state index in [-0.39, 0.29) is 24.3 Å². The number of benzene rings is 1. The lowest BCUT2D eigenvalue weighted by Gasteiger charge is -2.31. The minimum atomic E-state index is -0.822. The van der Waals surface area contributed by atoms with E-state index in [4.69, 9.17) is 9.47 Å². The number of ether oxygens (including phenoxy) is 2. The van der Waals surface area contributed by atoms with Crippen LogP contribution in [0.5, 0.6) is 0 Å². The van der Waals surface area contributed by atoms with Crippen LogP contribution in [-0.4, -0.2) is 91.8 Å². The van der Waals surface area contributed by atoms with E-state index in [0.29, 0.717) is 55.1 Å². The van der Waals surface area contributed by atoms with Gasteiger partial charge in [0.1, 0.15) is 29.0 Å². The second-order valence-corrected chi connectivity index (χ2v) is 13.6. The number of amides is 3. The van der Waals surface area contributed by atoms with E-state index in [1.807, 2.05) is 0 Å². The third kappa shape index (κ3) is 5.43. The Morgan fingerprint density at radius 2 is 1.96 bits per heavy atom. The highest BCUT2D eigenvalue weighted by atomic mass is 19.1. The van der Waals surface area contributed by atoms with Gasteiger partial charge in [-0.25, -0.2) is 18.7 Å². The van der Waals surface area contributed by atoms with Crippen LogP contribution in [-0.2, 0) is 26.2 Å². The largest absolute Gasteiger partial charge is 0.444 e. The molecule has 14 heteroatoms. The minimum Gasteiger partial charge on any atom is -0.444 e. The van der Waals surface area contributed by atoms with Crippen molar-refractivity contribution in [2.45, 2.75) is 63.3 Å². The topological polar surface area (TPSA) is 147 Å². The Morgan fingerprint density at radius 3 is 2.60 bits per heavy atom. The molecule has 2 unspecified atom stereocenters. The van der Waals surface area contributed by atoms with Gasteiger partial charge in [0.15, 0.2) is 0 Å². The predicted molar refractivity (Wildman–Crippen MR) is 164 cm³/mol. The molecule has 4 fully saturated rings. The summed E-state index contributed by atoms with van der Waals surface area (Å²) < 4.78 is 27.9. The quantitative estimate of drug-likeness (QED) is 0.392. The van der Waals surface area contributed by atoms with Gasteiger partial charge in [-0.15, -0.1) is 5.10 Å². The number of anilines is 1. The number of nitriles is 1. The standard InChI is InChI=1S/C33H35FN8O5/c1-32(2,3)47-31(45)41-11-4-5-27(41)29(43)39-17-24-25(18-39)33(24,19-35)28-9-6-20(14-36-28)23-8-7-21(13-26(23)34)42-16-22(46-30(42)44)15-40-12-10-37-38-40/h6-10,12-14,22,24-25,27H,4-5,11,15-18H2,1-3H3/t22-,24?,25?,27-,33?/m0/s1. The van der Waals surface area contributed by atoms with Crippen LogP contribution < -0.4 is 4.90 Å². The van der Waals surface area contributed by atoms with Crippen molar-refractivity contribution in [2.75, 3.05) is 31.1 Å². The summed E-state index contributed by atoms with van der Waals surface area (Å²) in [5, 5.41) is 17.9. The number of carbonyl (C=O) groups is 3. The highest BCUT2D eigenvalue weighted by Gasteiger charge is 2.71. The van der Waals surface area contributed by atoms with Crippen molar-refractivity contribution in [2.24, 2.45) is 11.8 Å². The highest BCUT2D eigenvalue weighted by Crippen LogP contribution is 2.63. The Labute approximate surface area is 270 Å². The lowest BCUT2D eigenvalue weighted by Crippen LogP contribution is -2.49. The fraction of sp³-hybridized carbons (Fsp3) is 0.485. The summed E-state index contributed by atoms with van der Waals surface area (Å²) in [6.45, 7) is 7.28. The summed E-state index contributed by atoms with van der Waals surface area (Å²) >= 11 is 0. The zero-order valence-electron chi connectivity index (χ0n) is 26.4. The van der Waals surface area contributed by atoms with Gasteiger partial charge >= 0.3 is 12.2 Å². The fourth-order valence-electron chi connectivity index (χ4n) is 7.26. The summed E-state index contributed by atoms with van der Waals surface area (Å²) in [4.78, 5) is 48.0. The van der Waals surface area contributed by atoms with E-state index < -0.39 is 41.2 Å². The first kappa shape index (κ1) is 30.6. The van der Waals surface area contributed by atoms with E-state index in [9.17, 15) is 19.6 Å². The zero-order valence-corrected chi connectivity index (χ0v) is 26.4. The Balaban J connectivity index is 0.998. The lowest BCUT2D eigenvalue weighted by molar-refractivity contribution is -0.135. The average Bonchev–Trinajstić information content (AvgIpc) is 3.70. The van der Waals surface area contributed by atoms with Gasteiger partial charge in [-0.1, -0.05) is 11.3 Å². The molecule has 3 amide bonds. The summed E-state index contributed by atoms with van der Waals surface area (Å²) in [5.74, 6) is -0.779. The van der Waals surface area contributed by atoms with Gasteiger partial charge in [0.2, 0.25) is 5.91 Å². The Morgan fingerprint density at radius 1 is 1.17 bits per heavy atom. The van der Waals surface area contributed by atoms with Crippen LogP contribution in [0, 0.1) is 29.0 Å². The molecule has 4 atom stereocenters. The number of hydrogen-bond acceptors (Lipinski definition) is 9.